The molecule has 2 rings (SSSR count). The second-order valence-electron chi connectivity index (χ2n) is 3.74. The first-order chi connectivity index (χ1) is 9.09. The fourth-order valence-corrected chi connectivity index (χ4v) is 2.95. The molecule has 2 N–H and O–H groups in total. The van der Waals surface area contributed by atoms with Crippen molar-refractivity contribution in [1.29, 1.82) is 0 Å². The van der Waals surface area contributed by atoms with Gasteiger partial charge in [0.2, 0.25) is 10.0 Å². The van der Waals surface area contributed by atoms with Crippen LogP contribution in [0, 0.1) is 0 Å². The van der Waals surface area contributed by atoms with Gasteiger partial charge >= 0.3 is 0 Å². The number of aryl methyl sites for hydroxylation is 1. The fraction of sp³-hybridized carbons (Fsp3) is 0.300. The maximum atomic E-state index is 11.9. The van der Waals surface area contributed by atoms with Gasteiger partial charge in [-0.25, -0.2) is 18.1 Å². The monoisotopic (exact) mass is 301 g/mol. The van der Waals surface area contributed by atoms with E-state index in [1.807, 2.05) is 0 Å². The molecule has 0 amide bonds. The summed E-state index contributed by atoms with van der Waals surface area (Å²) in [5.74, 6) is 0.721. The van der Waals surface area contributed by atoms with Gasteiger partial charge in [0.15, 0.2) is 0 Å². The average Bonchev–Trinajstić information content (AvgIpc) is 2.88. The number of hydrogen-bond donors (Lipinski definition) is 2. The number of rotatable bonds is 6. The molecule has 102 valence electrons. The second kappa shape index (κ2) is 6.09. The smallest absolute Gasteiger partial charge is 0.243 e. The van der Waals surface area contributed by atoms with Gasteiger partial charge in [-0.3, -0.25) is 10.1 Å². The molecule has 0 saturated heterocycles. The Morgan fingerprint density at radius 3 is 2.95 bits per heavy atom. The van der Waals surface area contributed by atoms with Crippen LogP contribution in [0.25, 0.3) is 0 Å². The van der Waals surface area contributed by atoms with Gasteiger partial charge in [-0.05, 0) is 12.5 Å². The number of pyridine rings is 1. The highest BCUT2D eigenvalue weighted by atomic mass is 35.5. The zero-order chi connectivity index (χ0) is 13.7. The molecule has 2 aromatic heterocycles. The van der Waals surface area contributed by atoms with Crippen molar-refractivity contribution in [2.24, 2.45) is 0 Å². The van der Waals surface area contributed by atoms with E-state index in [0.717, 1.165) is 5.82 Å². The molecule has 0 aliphatic carbocycles. The minimum absolute atomic E-state index is 0.0173. The summed E-state index contributed by atoms with van der Waals surface area (Å²) >= 11 is 5.82. The lowest BCUT2D eigenvalue weighted by atomic mass is 10.3. The summed E-state index contributed by atoms with van der Waals surface area (Å²) in [6.45, 7) is 0.286. The first-order valence-corrected chi connectivity index (χ1v) is 7.39. The van der Waals surface area contributed by atoms with Crippen LogP contribution < -0.4 is 4.72 Å². The van der Waals surface area contributed by atoms with Crippen molar-refractivity contribution >= 4 is 21.6 Å². The molecule has 0 aromatic carbocycles. The number of nitrogens with zero attached hydrogens (tertiary/aromatic N) is 3. The Balaban J connectivity index is 1.90. The average molecular weight is 302 g/mol. The topological polar surface area (TPSA) is 101 Å². The van der Waals surface area contributed by atoms with Crippen LogP contribution in [-0.4, -0.2) is 35.1 Å². The normalized spacial score (nSPS) is 11.6. The Morgan fingerprint density at radius 2 is 2.26 bits per heavy atom. The van der Waals surface area contributed by atoms with Crippen molar-refractivity contribution in [3.63, 3.8) is 0 Å². The summed E-state index contributed by atoms with van der Waals surface area (Å²) in [4.78, 5) is 7.68. The zero-order valence-electron chi connectivity index (χ0n) is 9.88. The first-order valence-electron chi connectivity index (χ1n) is 5.53. The van der Waals surface area contributed by atoms with E-state index in [2.05, 4.69) is 24.9 Å². The van der Waals surface area contributed by atoms with Crippen LogP contribution in [0.15, 0.2) is 29.7 Å². The zero-order valence-corrected chi connectivity index (χ0v) is 11.4. The number of sulfonamides is 1. The highest BCUT2D eigenvalue weighted by Crippen LogP contribution is 2.18. The Morgan fingerprint density at radius 1 is 1.42 bits per heavy atom. The lowest BCUT2D eigenvalue weighted by molar-refractivity contribution is 0.578. The van der Waals surface area contributed by atoms with Crippen LogP contribution >= 0.6 is 11.6 Å². The minimum atomic E-state index is -3.62. The molecule has 0 spiro atoms. The van der Waals surface area contributed by atoms with Crippen molar-refractivity contribution in [1.82, 2.24) is 24.9 Å². The lowest BCUT2D eigenvalue weighted by Crippen LogP contribution is -2.25. The molecule has 0 unspecified atom stereocenters. The number of aromatic amines is 1. The van der Waals surface area contributed by atoms with Gasteiger partial charge < -0.3 is 0 Å². The van der Waals surface area contributed by atoms with Gasteiger partial charge in [0, 0.05) is 25.4 Å². The molecule has 2 heterocycles. The Labute approximate surface area is 115 Å². The van der Waals surface area contributed by atoms with E-state index < -0.39 is 10.0 Å². The standard InChI is InChI=1S/C10H12ClN5O2S/c11-8-3-5-12-6-9(8)19(17,18)15-4-1-2-10-13-7-14-16-10/h3,5-7,15H,1-2,4H2,(H,13,14,16). The van der Waals surface area contributed by atoms with Crippen molar-refractivity contribution in [2.75, 3.05) is 6.54 Å². The Hall–Kier alpha value is -1.51. The molecule has 0 atom stereocenters. The summed E-state index contributed by atoms with van der Waals surface area (Å²) in [5.41, 5.74) is 0. The van der Waals surface area contributed by atoms with Gasteiger partial charge in [-0.15, -0.1) is 0 Å². The summed E-state index contributed by atoms with van der Waals surface area (Å²) in [6, 6.07) is 1.44. The highest BCUT2D eigenvalue weighted by Gasteiger charge is 2.17. The summed E-state index contributed by atoms with van der Waals surface area (Å²) in [6.07, 6.45) is 5.29. The molecule has 7 nitrogen and oxygen atoms in total. The van der Waals surface area contributed by atoms with E-state index in [0.29, 0.717) is 12.8 Å². The van der Waals surface area contributed by atoms with E-state index in [1.54, 1.807) is 0 Å². The van der Waals surface area contributed by atoms with Crippen molar-refractivity contribution in [3.05, 3.63) is 35.6 Å². The predicted octanol–water partition coefficient (Wildman–Crippen LogP) is 0.764. The molecule has 0 aliphatic rings. The predicted molar refractivity (Wildman–Crippen MR) is 69.1 cm³/mol. The van der Waals surface area contributed by atoms with E-state index >= 15 is 0 Å². The molecule has 0 radical (unpaired) electrons. The van der Waals surface area contributed by atoms with Crippen molar-refractivity contribution in [2.45, 2.75) is 17.7 Å². The third-order valence-corrected chi connectivity index (χ3v) is 4.30. The largest absolute Gasteiger partial charge is 0.263 e. The van der Waals surface area contributed by atoms with Crippen molar-refractivity contribution < 1.29 is 8.42 Å². The number of H-pyrrole nitrogens is 1. The third kappa shape index (κ3) is 3.72. The van der Waals surface area contributed by atoms with E-state index in [9.17, 15) is 8.42 Å². The van der Waals surface area contributed by atoms with E-state index in [-0.39, 0.29) is 16.5 Å². The molecule has 2 aromatic rings. The summed E-state index contributed by atoms with van der Waals surface area (Å²) < 4.78 is 26.4. The SMILES string of the molecule is O=S(=O)(NCCCc1ncn[nH]1)c1cnccc1Cl. The quantitative estimate of drug-likeness (QED) is 0.767. The van der Waals surface area contributed by atoms with Gasteiger partial charge in [0.05, 0.1) is 5.02 Å². The second-order valence-corrected chi connectivity index (χ2v) is 5.88. The van der Waals surface area contributed by atoms with Gasteiger partial charge in [0.25, 0.3) is 0 Å². The van der Waals surface area contributed by atoms with Gasteiger partial charge in [0.1, 0.15) is 17.0 Å². The molecule has 0 aliphatic heterocycles. The Kier molecular flexibility index (Phi) is 4.46. The molecule has 19 heavy (non-hydrogen) atoms. The fourth-order valence-electron chi connectivity index (χ4n) is 1.45. The maximum Gasteiger partial charge on any atom is 0.243 e. The van der Waals surface area contributed by atoms with E-state index in [1.165, 1.54) is 24.8 Å². The summed E-state index contributed by atoms with van der Waals surface area (Å²) in [7, 11) is -3.62. The lowest BCUT2D eigenvalue weighted by Gasteiger charge is -2.07. The van der Waals surface area contributed by atoms with Crippen LogP contribution in [-0.2, 0) is 16.4 Å². The highest BCUT2D eigenvalue weighted by molar-refractivity contribution is 7.89. The Bertz CT molecular complexity index is 629. The van der Waals surface area contributed by atoms with Crippen LogP contribution in [0.1, 0.15) is 12.2 Å². The number of hydrogen-bond acceptors (Lipinski definition) is 5. The van der Waals surface area contributed by atoms with Gasteiger partial charge in [-0.1, -0.05) is 11.6 Å². The van der Waals surface area contributed by atoms with Gasteiger partial charge in [-0.2, -0.15) is 5.10 Å². The van der Waals surface area contributed by atoms with E-state index in [4.69, 9.17) is 11.6 Å². The third-order valence-electron chi connectivity index (χ3n) is 2.37. The number of halogens is 1. The molecule has 0 bridgehead atoms. The molecule has 9 heteroatoms. The maximum absolute atomic E-state index is 11.9. The number of aromatic nitrogens is 4. The van der Waals surface area contributed by atoms with Crippen LogP contribution in [0.4, 0.5) is 0 Å². The van der Waals surface area contributed by atoms with Crippen molar-refractivity contribution in [3.8, 4) is 0 Å². The molecule has 0 saturated carbocycles. The molecular weight excluding hydrogens is 290 g/mol. The minimum Gasteiger partial charge on any atom is -0.263 e. The number of nitrogens with one attached hydrogen (secondary N) is 2. The first kappa shape index (κ1) is 13.9. The molecule has 0 fully saturated rings. The van der Waals surface area contributed by atoms with Crippen LogP contribution in [0.5, 0.6) is 0 Å². The summed E-state index contributed by atoms with van der Waals surface area (Å²) in [5, 5.41) is 6.57. The van der Waals surface area contributed by atoms with Crippen LogP contribution in [0.3, 0.4) is 0 Å². The van der Waals surface area contributed by atoms with Crippen LogP contribution in [0.2, 0.25) is 5.02 Å². The molecular formula is C10H12ClN5O2S.